The summed E-state index contributed by atoms with van der Waals surface area (Å²) in [7, 11) is 0. The fraction of sp³-hybridized carbons (Fsp3) is 0.0357. The Morgan fingerprint density at radius 1 is 0.714 bits per heavy atom. The van der Waals surface area contributed by atoms with Gasteiger partial charge in [-0.2, -0.15) is 0 Å². The molecule has 0 aliphatic carbocycles. The summed E-state index contributed by atoms with van der Waals surface area (Å²) in [6.07, 6.45) is 0. The number of anilines is 1. The number of aryl methyl sites for hydroxylation is 1. The normalized spacial score (nSPS) is 13.0. The molecule has 0 bridgehead atoms. The number of hydrogen-bond donors (Lipinski definition) is 0. The van der Waals surface area contributed by atoms with Crippen molar-refractivity contribution in [1.82, 2.24) is 0 Å². The van der Waals surface area contributed by atoms with Gasteiger partial charge in [-0.15, -0.1) is 0 Å². The lowest BCUT2D eigenvalue weighted by Crippen LogP contribution is -2.31. The Bertz CT molecular complexity index is 1690. The van der Waals surface area contributed by atoms with E-state index in [0.29, 0.717) is 16.7 Å². The average molecular weight is 462 g/mol. The lowest BCUT2D eigenvalue weighted by molar-refractivity contribution is -0.255. The van der Waals surface area contributed by atoms with Crippen LogP contribution in [0.3, 0.4) is 0 Å². The third-order valence-electron chi connectivity index (χ3n) is 6.14. The van der Waals surface area contributed by atoms with E-state index in [9.17, 15) is 19.5 Å². The molecule has 1 aliphatic heterocycles. The number of amides is 2. The van der Waals surface area contributed by atoms with Gasteiger partial charge in [-0.25, -0.2) is 4.90 Å². The molecular weight excluding hydrogens is 446 g/mol. The van der Waals surface area contributed by atoms with Crippen LogP contribution in [0.25, 0.3) is 33.1 Å². The minimum Gasteiger partial charge on any atom is -0.545 e. The summed E-state index contributed by atoms with van der Waals surface area (Å²) in [5.74, 6) is -2.55. The van der Waals surface area contributed by atoms with E-state index in [1.54, 1.807) is 6.92 Å². The predicted octanol–water partition coefficient (Wildman–Crippen LogP) is 4.93. The number of hydrogen-bond acceptors (Lipinski definition) is 6. The van der Waals surface area contributed by atoms with Crippen molar-refractivity contribution in [2.75, 3.05) is 4.90 Å². The van der Waals surface area contributed by atoms with Crippen molar-refractivity contribution < 1.29 is 28.3 Å². The monoisotopic (exact) mass is 462 g/mol. The van der Waals surface area contributed by atoms with Crippen molar-refractivity contribution in [3.8, 4) is 0 Å². The summed E-state index contributed by atoms with van der Waals surface area (Å²) < 4.78 is 12.3. The molecule has 4 aromatic carbocycles. The quantitative estimate of drug-likeness (QED) is 0.345. The second-order valence-corrected chi connectivity index (χ2v) is 8.28. The standard InChI is InChI=1S/C28H17NO6/c1-15-10-11-16(28(32)33)12-21(15)29-26(30)19-13-24-25(14-20(19)27(29)31)35-23-9-5-3-7-18(23)17-6-2-4-8-22(17)34-24/h2-14H,1H3,(H,32,33)/p-1. The smallest absolute Gasteiger partial charge is 0.266 e. The average Bonchev–Trinajstić information content (AvgIpc) is 3.08. The van der Waals surface area contributed by atoms with Crippen LogP contribution in [0.5, 0.6) is 0 Å². The largest absolute Gasteiger partial charge is 0.545 e. The van der Waals surface area contributed by atoms with Crippen molar-refractivity contribution in [2.24, 2.45) is 0 Å². The zero-order valence-corrected chi connectivity index (χ0v) is 18.4. The zero-order valence-electron chi connectivity index (χ0n) is 18.4. The molecule has 0 saturated carbocycles. The maximum absolute atomic E-state index is 13.4. The van der Waals surface area contributed by atoms with Gasteiger partial charge in [-0.1, -0.05) is 48.5 Å². The highest BCUT2D eigenvalue weighted by Crippen LogP contribution is 2.35. The molecule has 2 heterocycles. The number of carbonyl (C=O) groups is 3. The molecule has 5 aromatic rings. The molecule has 1 aliphatic rings. The van der Waals surface area contributed by atoms with Crippen LogP contribution in [0.1, 0.15) is 36.6 Å². The number of rotatable bonds is 2. The van der Waals surface area contributed by atoms with Gasteiger partial charge in [0.05, 0.1) is 22.8 Å². The summed E-state index contributed by atoms with van der Waals surface area (Å²) in [6.45, 7) is 1.69. The summed E-state index contributed by atoms with van der Waals surface area (Å²) >= 11 is 0. The first-order valence-corrected chi connectivity index (χ1v) is 10.9. The SMILES string of the molecule is Cc1ccc(C(=O)[O-])cc1N1C(=O)c2cc3oc4ccccc4c4ccccc4oc3cc2C1=O. The van der Waals surface area contributed by atoms with E-state index in [1.165, 1.54) is 30.3 Å². The summed E-state index contributed by atoms with van der Waals surface area (Å²) in [5.41, 5.74) is 2.63. The molecule has 2 amide bonds. The fourth-order valence-corrected chi connectivity index (χ4v) is 4.40. The van der Waals surface area contributed by atoms with Crippen molar-refractivity contribution >= 4 is 56.6 Å². The molecule has 7 nitrogen and oxygen atoms in total. The molecule has 0 spiro atoms. The van der Waals surface area contributed by atoms with Crippen LogP contribution in [-0.4, -0.2) is 17.8 Å². The highest BCUT2D eigenvalue weighted by atomic mass is 16.4. The Hall–Kier alpha value is -4.91. The lowest BCUT2D eigenvalue weighted by atomic mass is 10.1. The molecule has 1 aromatic heterocycles. The van der Waals surface area contributed by atoms with E-state index >= 15 is 0 Å². The van der Waals surface area contributed by atoms with Gasteiger partial charge in [-0.3, -0.25) is 9.59 Å². The minimum atomic E-state index is -1.40. The van der Waals surface area contributed by atoms with Crippen LogP contribution < -0.4 is 10.0 Å². The Morgan fingerprint density at radius 3 is 1.74 bits per heavy atom. The number of carbonyl (C=O) groups excluding carboxylic acids is 3. The van der Waals surface area contributed by atoms with E-state index in [2.05, 4.69) is 0 Å². The first kappa shape index (κ1) is 20.7. The molecular formula is C28H16NO6-. The highest BCUT2D eigenvalue weighted by Gasteiger charge is 2.38. The Balaban J connectivity index is 1.63. The van der Waals surface area contributed by atoms with Crippen LogP contribution in [0, 0.1) is 6.92 Å². The summed E-state index contributed by atoms with van der Waals surface area (Å²) in [6, 6.07) is 22.1. The number of carboxylic acid groups (broad SMARTS) is 1. The zero-order chi connectivity index (χ0) is 24.3. The minimum absolute atomic E-state index is 0.130. The molecule has 0 radical (unpaired) electrons. The molecule has 0 fully saturated rings. The van der Waals surface area contributed by atoms with E-state index in [4.69, 9.17) is 8.83 Å². The number of imide groups is 1. The molecule has 170 valence electrons. The Morgan fingerprint density at radius 2 is 1.23 bits per heavy atom. The third-order valence-corrected chi connectivity index (χ3v) is 6.14. The van der Waals surface area contributed by atoms with Gasteiger partial charge in [0, 0.05) is 10.8 Å². The number of nitrogens with zero attached hydrogens (tertiary/aromatic N) is 1. The number of benzene rings is 4. The van der Waals surface area contributed by atoms with Gasteiger partial charge >= 0.3 is 0 Å². The molecule has 35 heavy (non-hydrogen) atoms. The first-order valence-electron chi connectivity index (χ1n) is 10.9. The first-order chi connectivity index (χ1) is 16.9. The molecule has 0 unspecified atom stereocenters. The van der Waals surface area contributed by atoms with Gasteiger partial charge in [0.15, 0.2) is 11.2 Å². The Labute approximate surface area is 198 Å². The molecule has 0 atom stereocenters. The molecule has 0 saturated heterocycles. The number of fused-ring (bicyclic) bond motifs is 5. The number of aromatic carboxylic acids is 1. The second kappa shape index (κ2) is 7.56. The molecule has 0 N–H and O–H groups in total. The van der Waals surface area contributed by atoms with Gasteiger partial charge < -0.3 is 18.7 Å². The van der Waals surface area contributed by atoms with Gasteiger partial charge in [0.1, 0.15) is 11.2 Å². The van der Waals surface area contributed by atoms with Crippen LogP contribution in [-0.2, 0) is 0 Å². The van der Waals surface area contributed by atoms with E-state index in [0.717, 1.165) is 15.7 Å². The van der Waals surface area contributed by atoms with Crippen molar-refractivity contribution in [3.05, 3.63) is 101 Å². The fourth-order valence-electron chi connectivity index (χ4n) is 4.40. The van der Waals surface area contributed by atoms with Crippen LogP contribution in [0.4, 0.5) is 5.69 Å². The van der Waals surface area contributed by atoms with Crippen LogP contribution >= 0.6 is 0 Å². The lowest BCUT2D eigenvalue weighted by Gasteiger charge is -2.18. The maximum Gasteiger partial charge on any atom is 0.266 e. The number of carboxylic acids is 1. The van der Waals surface area contributed by atoms with Crippen molar-refractivity contribution in [3.63, 3.8) is 0 Å². The van der Waals surface area contributed by atoms with Crippen LogP contribution in [0.15, 0.2) is 87.7 Å². The molecule has 6 rings (SSSR count). The van der Waals surface area contributed by atoms with Crippen molar-refractivity contribution in [2.45, 2.75) is 6.92 Å². The van der Waals surface area contributed by atoms with Gasteiger partial charge in [0.25, 0.3) is 11.8 Å². The highest BCUT2D eigenvalue weighted by molar-refractivity contribution is 6.35. The van der Waals surface area contributed by atoms with Gasteiger partial charge in [-0.05, 0) is 48.4 Å². The maximum atomic E-state index is 13.4. The summed E-state index contributed by atoms with van der Waals surface area (Å²) in [4.78, 5) is 39.1. The van der Waals surface area contributed by atoms with E-state index < -0.39 is 17.8 Å². The summed E-state index contributed by atoms with van der Waals surface area (Å²) in [5, 5.41) is 13.0. The second-order valence-electron chi connectivity index (χ2n) is 8.28. The van der Waals surface area contributed by atoms with E-state index in [-0.39, 0.29) is 33.5 Å². The van der Waals surface area contributed by atoms with Crippen molar-refractivity contribution in [1.29, 1.82) is 0 Å². The van der Waals surface area contributed by atoms with Crippen LogP contribution in [0.2, 0.25) is 0 Å². The predicted molar refractivity (Wildman–Crippen MR) is 128 cm³/mol. The number of para-hydroxylation sites is 2. The third kappa shape index (κ3) is 3.17. The topological polar surface area (TPSA) is 104 Å². The Kier molecular flexibility index (Phi) is 4.47. The van der Waals surface area contributed by atoms with Gasteiger partial charge in [0.2, 0.25) is 0 Å². The molecule has 7 heteroatoms. The van der Waals surface area contributed by atoms with E-state index in [1.807, 2.05) is 48.5 Å².